The van der Waals surface area contributed by atoms with E-state index in [0.29, 0.717) is 23.0 Å². The fraction of sp³-hybridized carbons (Fsp3) is 0.269. The Hall–Kier alpha value is -3.70. The summed E-state index contributed by atoms with van der Waals surface area (Å²) in [6, 6.07) is 52.3. The minimum atomic E-state index is -2.75. The Morgan fingerprint density at radius 3 is 0.940 bits per heavy atom. The molecule has 15 heteroatoms. The molecule has 2 atom stereocenters. The Kier molecular flexibility index (Phi) is 23.9. The molecule has 2 N–H and O–H groups in total. The summed E-state index contributed by atoms with van der Waals surface area (Å²) >= 11 is 21.0. The van der Waals surface area contributed by atoms with Crippen LogP contribution in [-0.4, -0.2) is 37.6 Å². The van der Waals surface area contributed by atoms with Crippen molar-refractivity contribution in [1.29, 1.82) is 0 Å². The van der Waals surface area contributed by atoms with E-state index in [1.807, 2.05) is 125 Å². The van der Waals surface area contributed by atoms with E-state index in [2.05, 4.69) is 85.1 Å². The molecule has 357 valence electrons. The molecule has 8 nitrogen and oxygen atoms in total. The number of hydrogen-bond donors (Lipinski definition) is 2. The van der Waals surface area contributed by atoms with Gasteiger partial charge in [0.1, 0.15) is 23.0 Å². The van der Waals surface area contributed by atoms with Gasteiger partial charge in [0, 0.05) is 49.4 Å². The van der Waals surface area contributed by atoms with E-state index in [9.17, 15) is 0 Å². The van der Waals surface area contributed by atoms with Crippen LogP contribution in [-0.2, 0) is 65.2 Å². The Morgan fingerprint density at radius 1 is 0.433 bits per heavy atom. The summed E-state index contributed by atoms with van der Waals surface area (Å²) in [4.78, 5) is 9.64. The van der Waals surface area contributed by atoms with Crippen molar-refractivity contribution in [2.24, 2.45) is 9.98 Å². The van der Waals surface area contributed by atoms with Crippen molar-refractivity contribution in [2.75, 3.05) is 26.2 Å². The van der Waals surface area contributed by atoms with Crippen molar-refractivity contribution in [2.45, 2.75) is 66.5 Å². The first-order valence-corrected chi connectivity index (χ1v) is 29.2. The van der Waals surface area contributed by atoms with Crippen LogP contribution in [0.25, 0.3) is 0 Å². The van der Waals surface area contributed by atoms with Crippen LogP contribution in [0, 0.1) is 27.7 Å². The van der Waals surface area contributed by atoms with E-state index >= 15 is 0 Å². The predicted octanol–water partition coefficient (Wildman–Crippen LogP) is 13.4. The van der Waals surface area contributed by atoms with E-state index in [4.69, 9.17) is 76.2 Å². The number of rotatable bonds is 10. The molecular weight excluding hydrogens is 998 g/mol. The van der Waals surface area contributed by atoms with Gasteiger partial charge in [-0.25, -0.2) is 0 Å². The number of nitrogens with one attached hydrogen (secondary N) is 2. The summed E-state index contributed by atoms with van der Waals surface area (Å²) in [6.45, 7) is 15.7. The van der Waals surface area contributed by atoms with Crippen LogP contribution in [0.3, 0.4) is 0 Å². The van der Waals surface area contributed by atoms with Crippen molar-refractivity contribution in [3.8, 4) is 23.0 Å². The number of nitrogens with zero attached hydrogens (tertiary/aromatic N) is 2. The molecule has 6 aromatic carbocycles. The first-order chi connectivity index (χ1) is 31.6. The van der Waals surface area contributed by atoms with Gasteiger partial charge in [0.15, 0.2) is 11.4 Å². The second-order valence-electron chi connectivity index (χ2n) is 16.0. The summed E-state index contributed by atoms with van der Waals surface area (Å²) < 4.78 is 22.4. The molecule has 0 unspecified atom stereocenters. The van der Waals surface area contributed by atoms with Gasteiger partial charge in [-0.3, -0.25) is 9.98 Å². The summed E-state index contributed by atoms with van der Waals surface area (Å²) in [5.41, 5.74) is 4.13. The van der Waals surface area contributed by atoms with Crippen LogP contribution in [0.2, 0.25) is 0 Å². The minimum absolute atomic E-state index is 0. The zero-order valence-electron chi connectivity index (χ0n) is 38.8. The largest absolute Gasteiger partial charge is 2.00 e. The monoisotopic (exact) mass is 1060 g/mol. The van der Waals surface area contributed by atoms with Crippen LogP contribution in [0.5, 0.6) is 23.0 Å². The zero-order valence-corrected chi connectivity index (χ0v) is 44.8. The summed E-state index contributed by atoms with van der Waals surface area (Å²) in [5, 5.41) is 7.36. The fourth-order valence-corrected chi connectivity index (χ4v) is 10.3. The Labute approximate surface area is 430 Å². The number of aryl methyl sites for hydroxylation is 4. The normalized spacial score (nSPS) is 15.8. The maximum Gasteiger partial charge on any atom is 2.00 e. The smallest absolute Gasteiger partial charge is 0.665 e. The van der Waals surface area contributed by atoms with E-state index in [1.165, 1.54) is 22.6 Å². The standard InChI is InChI=1S/C24H32N4.2C14H15O2PS2.Cu/c1-19-17-23(21-9-5-3-6-10-21)27-16-14-26-20(2)18-24(28-15-13-25-19)22-11-7-4-8-12-22;2*1-11-3-7-13(8-4-11)15-17(18,19)16-14-9-5-12(2)6-10-14;/h3-12,23-24,27-28H,13-18H2,1-2H3;2*3-10H,1-2H3,(H,18,19);/q;;;+2/p-2/t23-,24+;;;. The summed E-state index contributed by atoms with van der Waals surface area (Å²) in [7, 11) is 0. The molecule has 1 aliphatic rings. The molecule has 1 heterocycles. The van der Waals surface area contributed by atoms with Gasteiger partial charge in [0.2, 0.25) is 0 Å². The van der Waals surface area contributed by atoms with Crippen LogP contribution in [0.4, 0.5) is 0 Å². The quantitative estimate of drug-likeness (QED) is 0.0786. The Morgan fingerprint density at radius 2 is 0.687 bits per heavy atom. The van der Waals surface area contributed by atoms with Gasteiger partial charge in [-0.1, -0.05) is 131 Å². The zero-order chi connectivity index (χ0) is 47.4. The van der Waals surface area contributed by atoms with Gasteiger partial charge < -0.3 is 53.2 Å². The predicted molar refractivity (Wildman–Crippen MR) is 290 cm³/mol. The molecule has 7 rings (SSSR count). The minimum Gasteiger partial charge on any atom is -0.665 e. The second kappa shape index (κ2) is 28.7. The molecule has 0 aromatic heterocycles. The van der Waals surface area contributed by atoms with E-state index < -0.39 is 11.4 Å². The van der Waals surface area contributed by atoms with Gasteiger partial charge in [-0.05, 0) is 125 Å². The van der Waals surface area contributed by atoms with Crippen LogP contribution >= 0.6 is 11.4 Å². The first-order valence-electron chi connectivity index (χ1n) is 21.8. The topological polar surface area (TPSA) is 85.7 Å². The Bertz CT molecular complexity index is 2260. The van der Waals surface area contributed by atoms with Gasteiger partial charge in [-0.15, -0.1) is 0 Å². The number of aliphatic imine (C=N–C) groups is 2. The van der Waals surface area contributed by atoms with E-state index in [-0.39, 0.29) is 29.2 Å². The number of benzene rings is 6. The van der Waals surface area contributed by atoms with E-state index in [0.717, 1.165) is 61.3 Å². The van der Waals surface area contributed by atoms with E-state index in [1.54, 1.807) is 0 Å². The van der Waals surface area contributed by atoms with Crippen molar-refractivity contribution in [1.82, 2.24) is 10.6 Å². The average Bonchev–Trinajstić information content (AvgIpc) is 3.29. The third-order valence-corrected chi connectivity index (χ3v) is 13.7. The van der Waals surface area contributed by atoms with Crippen LogP contribution < -0.4 is 28.7 Å². The van der Waals surface area contributed by atoms with Crippen molar-refractivity contribution >= 4 is 70.9 Å². The summed E-state index contributed by atoms with van der Waals surface area (Å²) in [6.07, 6.45) is 1.85. The van der Waals surface area contributed by atoms with Gasteiger partial charge >= 0.3 is 17.1 Å². The van der Waals surface area contributed by atoms with Gasteiger partial charge in [0.25, 0.3) is 0 Å². The molecule has 0 spiro atoms. The molecule has 0 saturated carbocycles. The third-order valence-electron chi connectivity index (χ3n) is 10.1. The first kappa shape index (κ1) is 55.9. The summed E-state index contributed by atoms with van der Waals surface area (Å²) in [5.74, 6) is 2.60. The molecule has 67 heavy (non-hydrogen) atoms. The Balaban J connectivity index is 0.000000224. The third kappa shape index (κ3) is 21.6. The fourth-order valence-electron chi connectivity index (χ4n) is 6.63. The SMILES string of the molecule is CC1=NCCN[C@@H](c2ccccc2)CC(C)=NCCN[C@H](c2ccccc2)C1.Cc1ccc(OP(=S)([S-])Oc2ccc(C)cc2)cc1.Cc1ccc(OP(=S)([S-])Oc2ccc(C)cc2)cc1.[Cu+2]. The van der Waals surface area contributed by atoms with Gasteiger partial charge in [0.05, 0.1) is 13.1 Å². The second-order valence-corrected chi connectivity index (χ2v) is 25.7. The molecule has 0 bridgehead atoms. The van der Waals surface area contributed by atoms with Crippen LogP contribution in [0.1, 0.15) is 72.2 Å². The van der Waals surface area contributed by atoms with Crippen LogP contribution in [0.15, 0.2) is 168 Å². The molecule has 0 aliphatic carbocycles. The number of hydrogen-bond acceptors (Lipinski definition) is 12. The molecule has 0 fully saturated rings. The molecule has 0 amide bonds. The van der Waals surface area contributed by atoms with Crippen molar-refractivity contribution < 1.29 is 35.2 Å². The molecule has 1 radical (unpaired) electrons. The maximum absolute atomic E-state index is 5.61. The molecule has 6 aromatic rings. The maximum atomic E-state index is 5.61. The van der Waals surface area contributed by atoms with Gasteiger partial charge in [-0.2, -0.15) is 0 Å². The molecule has 0 saturated heterocycles. The molecule has 1 aliphatic heterocycles. The molecular formula is C52H60CuN4O4P2S4. The van der Waals surface area contributed by atoms with Crippen molar-refractivity contribution in [3.63, 3.8) is 0 Å². The average molecular weight is 1060 g/mol. The van der Waals surface area contributed by atoms with Crippen molar-refractivity contribution in [3.05, 3.63) is 191 Å².